The first-order chi connectivity index (χ1) is 16.2. The highest BCUT2D eigenvalue weighted by atomic mass is 16.4. The van der Waals surface area contributed by atoms with E-state index in [1.807, 2.05) is 32.0 Å². The molecule has 0 bridgehead atoms. The normalized spacial score (nSPS) is 10.5. The molecule has 4 aromatic rings. The standard InChI is InChI=1S/C13H16N2O.C11H14N2O2.C2H6/c1-3-10(4-2)13-15-12(9-16-13)11-7-5-6-8-14-11;1-3-8(4-2)11-12-5-10(15-11)9-6-14-7-13-9;1-2/h5-10H,3-4H2,1-2H3;5-8H,3-4H2,1-2H3;1-2H3. The molecule has 0 amide bonds. The van der Waals surface area contributed by atoms with Crippen molar-refractivity contribution >= 4 is 0 Å². The molecular weight excluding hydrogens is 416 g/mol. The Kier molecular flexibility index (Phi) is 11.1. The van der Waals surface area contributed by atoms with Crippen LogP contribution in [0.25, 0.3) is 22.8 Å². The smallest absolute Gasteiger partial charge is 0.198 e. The Labute approximate surface area is 196 Å². The highest BCUT2D eigenvalue weighted by molar-refractivity contribution is 5.51. The molecule has 0 N–H and O–H groups in total. The highest BCUT2D eigenvalue weighted by Crippen LogP contribution is 2.27. The zero-order valence-corrected chi connectivity index (χ0v) is 20.6. The number of pyridine rings is 1. The van der Waals surface area contributed by atoms with Crippen molar-refractivity contribution in [3.63, 3.8) is 0 Å². The zero-order chi connectivity index (χ0) is 24.1. The van der Waals surface area contributed by atoms with Gasteiger partial charge in [-0.3, -0.25) is 4.98 Å². The van der Waals surface area contributed by atoms with E-state index < -0.39 is 0 Å². The molecular formula is C26H36N4O3. The maximum atomic E-state index is 5.64. The fourth-order valence-electron chi connectivity index (χ4n) is 3.31. The summed E-state index contributed by atoms with van der Waals surface area (Å²) in [5, 5.41) is 0. The molecule has 0 unspecified atom stereocenters. The van der Waals surface area contributed by atoms with Crippen LogP contribution in [0.3, 0.4) is 0 Å². The van der Waals surface area contributed by atoms with Gasteiger partial charge in [0, 0.05) is 18.0 Å². The first kappa shape index (κ1) is 26.0. The van der Waals surface area contributed by atoms with Gasteiger partial charge < -0.3 is 13.3 Å². The summed E-state index contributed by atoms with van der Waals surface area (Å²) in [6.07, 6.45) is 12.3. The van der Waals surface area contributed by atoms with E-state index in [9.17, 15) is 0 Å². The van der Waals surface area contributed by atoms with E-state index in [4.69, 9.17) is 13.3 Å². The zero-order valence-electron chi connectivity index (χ0n) is 20.6. The molecule has 178 valence electrons. The highest BCUT2D eigenvalue weighted by Gasteiger charge is 2.16. The van der Waals surface area contributed by atoms with Crippen LogP contribution < -0.4 is 0 Å². The molecule has 0 aliphatic heterocycles. The molecule has 4 aromatic heterocycles. The third-order valence-corrected chi connectivity index (χ3v) is 5.33. The minimum Gasteiger partial charge on any atom is -0.451 e. The molecule has 0 saturated heterocycles. The van der Waals surface area contributed by atoms with Crippen molar-refractivity contribution < 1.29 is 13.3 Å². The minimum absolute atomic E-state index is 0.394. The fraction of sp³-hybridized carbons (Fsp3) is 0.462. The van der Waals surface area contributed by atoms with Crippen LogP contribution >= 0.6 is 0 Å². The van der Waals surface area contributed by atoms with Crippen LogP contribution in [0.15, 0.2) is 62.8 Å². The van der Waals surface area contributed by atoms with Crippen LogP contribution in [0, 0.1) is 0 Å². The van der Waals surface area contributed by atoms with Crippen LogP contribution in [-0.4, -0.2) is 19.9 Å². The van der Waals surface area contributed by atoms with Crippen LogP contribution in [0.4, 0.5) is 0 Å². The van der Waals surface area contributed by atoms with Gasteiger partial charge in [0.25, 0.3) is 0 Å². The van der Waals surface area contributed by atoms with Crippen LogP contribution in [0.2, 0.25) is 0 Å². The second kappa shape index (κ2) is 14.0. The number of hydrogen-bond donors (Lipinski definition) is 0. The largest absolute Gasteiger partial charge is 0.451 e. The molecule has 4 heterocycles. The van der Waals surface area contributed by atoms with Gasteiger partial charge in [-0.25, -0.2) is 15.0 Å². The summed E-state index contributed by atoms with van der Waals surface area (Å²) in [6, 6.07) is 5.79. The van der Waals surface area contributed by atoms with Crippen molar-refractivity contribution in [1.29, 1.82) is 0 Å². The van der Waals surface area contributed by atoms with E-state index in [-0.39, 0.29) is 0 Å². The van der Waals surface area contributed by atoms with Gasteiger partial charge in [-0.1, -0.05) is 47.6 Å². The molecule has 0 aromatic carbocycles. The Morgan fingerprint density at radius 2 is 1.45 bits per heavy atom. The molecule has 7 nitrogen and oxygen atoms in total. The molecule has 0 atom stereocenters. The van der Waals surface area contributed by atoms with Gasteiger partial charge in [-0.15, -0.1) is 0 Å². The number of oxazole rings is 3. The summed E-state index contributed by atoms with van der Waals surface area (Å²) in [4.78, 5) is 17.0. The maximum Gasteiger partial charge on any atom is 0.198 e. The molecule has 33 heavy (non-hydrogen) atoms. The Balaban J connectivity index is 0.000000218. The minimum atomic E-state index is 0.394. The van der Waals surface area contributed by atoms with E-state index in [1.54, 1.807) is 24.9 Å². The summed E-state index contributed by atoms with van der Waals surface area (Å²) in [6.45, 7) is 12.6. The Hall–Kier alpha value is -3.22. The summed E-state index contributed by atoms with van der Waals surface area (Å²) < 4.78 is 16.0. The third-order valence-electron chi connectivity index (χ3n) is 5.33. The topological polar surface area (TPSA) is 91.0 Å². The first-order valence-electron chi connectivity index (χ1n) is 11.9. The number of nitrogens with zero attached hydrogens (tertiary/aromatic N) is 4. The van der Waals surface area contributed by atoms with Crippen molar-refractivity contribution in [2.24, 2.45) is 0 Å². The maximum absolute atomic E-state index is 5.64. The second-order valence-electron chi connectivity index (χ2n) is 7.25. The van der Waals surface area contributed by atoms with Gasteiger partial charge in [-0.2, -0.15) is 0 Å². The average Bonchev–Trinajstić information content (AvgIpc) is 3.65. The van der Waals surface area contributed by atoms with E-state index in [0.717, 1.165) is 48.9 Å². The second-order valence-corrected chi connectivity index (χ2v) is 7.25. The Morgan fingerprint density at radius 1 is 0.758 bits per heavy atom. The van der Waals surface area contributed by atoms with Crippen molar-refractivity contribution in [1.82, 2.24) is 19.9 Å². The number of aromatic nitrogens is 4. The van der Waals surface area contributed by atoms with Crippen molar-refractivity contribution in [3.8, 4) is 22.8 Å². The summed E-state index contributed by atoms with van der Waals surface area (Å²) >= 11 is 0. The lowest BCUT2D eigenvalue weighted by molar-refractivity contribution is 0.431. The predicted molar refractivity (Wildman–Crippen MR) is 130 cm³/mol. The lowest BCUT2D eigenvalue weighted by atomic mass is 10.0. The van der Waals surface area contributed by atoms with Crippen molar-refractivity contribution in [2.45, 2.75) is 79.1 Å². The van der Waals surface area contributed by atoms with Gasteiger partial charge in [0.15, 0.2) is 23.9 Å². The monoisotopic (exact) mass is 452 g/mol. The summed E-state index contributed by atoms with van der Waals surface area (Å²) in [5.74, 6) is 3.09. The number of hydrogen-bond acceptors (Lipinski definition) is 7. The van der Waals surface area contributed by atoms with Crippen molar-refractivity contribution in [2.75, 3.05) is 0 Å². The lowest BCUT2D eigenvalue weighted by Gasteiger charge is -2.05. The Morgan fingerprint density at radius 3 is 2.03 bits per heavy atom. The molecule has 0 spiro atoms. The third kappa shape index (κ3) is 7.14. The van der Waals surface area contributed by atoms with Crippen molar-refractivity contribution in [3.05, 3.63) is 61.3 Å². The quantitative estimate of drug-likeness (QED) is 0.268. The van der Waals surface area contributed by atoms with Crippen LogP contribution in [-0.2, 0) is 0 Å². The fourth-order valence-corrected chi connectivity index (χ4v) is 3.31. The average molecular weight is 453 g/mol. The van der Waals surface area contributed by atoms with Gasteiger partial charge in [0.1, 0.15) is 23.9 Å². The molecule has 7 heteroatoms. The van der Waals surface area contributed by atoms with Crippen LogP contribution in [0.1, 0.15) is 90.8 Å². The molecule has 0 fully saturated rings. The molecule has 0 aliphatic carbocycles. The lowest BCUT2D eigenvalue weighted by Crippen LogP contribution is -1.95. The van der Waals surface area contributed by atoms with Gasteiger partial charge >= 0.3 is 0 Å². The van der Waals surface area contributed by atoms with Crippen LogP contribution in [0.5, 0.6) is 0 Å². The molecule has 0 radical (unpaired) electrons. The SMILES string of the molecule is CC.CCC(CC)c1nc(-c2ccccn2)co1.CCC(CC)c1ncc(-c2cocn2)o1. The number of rotatable bonds is 8. The van der Waals surface area contributed by atoms with E-state index in [0.29, 0.717) is 23.3 Å². The predicted octanol–water partition coefficient (Wildman–Crippen LogP) is 7.90. The first-order valence-corrected chi connectivity index (χ1v) is 11.9. The van der Waals surface area contributed by atoms with Gasteiger partial charge in [0.2, 0.25) is 0 Å². The van der Waals surface area contributed by atoms with Gasteiger partial charge in [-0.05, 0) is 37.8 Å². The molecule has 0 aliphatic rings. The van der Waals surface area contributed by atoms with E-state index in [2.05, 4.69) is 47.6 Å². The van der Waals surface area contributed by atoms with E-state index >= 15 is 0 Å². The van der Waals surface area contributed by atoms with Gasteiger partial charge in [0.05, 0.1) is 11.9 Å². The molecule has 0 saturated carbocycles. The Bertz CT molecular complexity index is 1000. The molecule has 4 rings (SSSR count). The summed E-state index contributed by atoms with van der Waals surface area (Å²) in [7, 11) is 0. The van der Waals surface area contributed by atoms with E-state index in [1.165, 1.54) is 6.39 Å². The summed E-state index contributed by atoms with van der Waals surface area (Å²) in [5.41, 5.74) is 2.38.